The summed E-state index contributed by atoms with van der Waals surface area (Å²) in [5.41, 5.74) is 8.34. The first-order chi connectivity index (χ1) is 11.1. The van der Waals surface area contributed by atoms with E-state index in [1.54, 1.807) is 41.4 Å². The van der Waals surface area contributed by atoms with Gasteiger partial charge in [-0.3, -0.25) is 9.89 Å². The number of hydrogen-bond acceptors (Lipinski definition) is 5. The molecule has 1 aliphatic heterocycles. The molecule has 116 valence electrons. The number of pyridine rings is 1. The van der Waals surface area contributed by atoms with Crippen molar-refractivity contribution in [2.45, 2.75) is 6.04 Å². The zero-order valence-electron chi connectivity index (χ0n) is 12.2. The predicted octanol–water partition coefficient (Wildman–Crippen LogP) is 1.11. The minimum absolute atomic E-state index is 0.0530. The van der Waals surface area contributed by atoms with Crippen molar-refractivity contribution >= 4 is 16.9 Å². The van der Waals surface area contributed by atoms with E-state index in [9.17, 15) is 9.90 Å². The molecule has 3 heterocycles. The van der Waals surface area contributed by atoms with Gasteiger partial charge in [0.2, 0.25) is 0 Å². The number of amides is 1. The molecule has 1 aromatic carbocycles. The van der Waals surface area contributed by atoms with Gasteiger partial charge in [-0.2, -0.15) is 5.10 Å². The van der Waals surface area contributed by atoms with E-state index >= 15 is 0 Å². The Kier molecular flexibility index (Phi) is 3.02. The normalized spacial score (nSPS) is 14.9. The third-order valence-corrected chi connectivity index (χ3v) is 4.01. The van der Waals surface area contributed by atoms with E-state index in [1.807, 2.05) is 0 Å². The lowest BCUT2D eigenvalue weighted by molar-refractivity contribution is 0.0610. The standard InChI is InChI=1S/C16H15N5O2/c17-10-7-21(8-10)16(23)12-5-14(9-1-3-11(22)4-2-9)19-15-13(12)6-18-20-15/h1-6,10,22H,7-8,17H2,(H,18,19,20). The fourth-order valence-electron chi connectivity index (χ4n) is 2.73. The number of benzene rings is 1. The van der Waals surface area contributed by atoms with Gasteiger partial charge in [-0.1, -0.05) is 0 Å². The number of nitrogens with zero attached hydrogens (tertiary/aromatic N) is 3. The summed E-state index contributed by atoms with van der Waals surface area (Å²) in [6, 6.07) is 8.50. The predicted molar refractivity (Wildman–Crippen MR) is 84.9 cm³/mol. The van der Waals surface area contributed by atoms with Crippen LogP contribution >= 0.6 is 0 Å². The van der Waals surface area contributed by atoms with Crippen LogP contribution in [0.3, 0.4) is 0 Å². The molecule has 7 nitrogen and oxygen atoms in total. The number of likely N-dealkylation sites (tertiary alicyclic amines) is 1. The first kappa shape index (κ1) is 13.7. The molecule has 0 aliphatic carbocycles. The van der Waals surface area contributed by atoms with E-state index in [1.165, 1.54) is 0 Å². The summed E-state index contributed by atoms with van der Waals surface area (Å²) >= 11 is 0. The highest BCUT2D eigenvalue weighted by Gasteiger charge is 2.30. The van der Waals surface area contributed by atoms with Gasteiger partial charge in [0.15, 0.2) is 5.65 Å². The van der Waals surface area contributed by atoms with Gasteiger partial charge in [-0.15, -0.1) is 0 Å². The number of phenols is 1. The molecule has 23 heavy (non-hydrogen) atoms. The summed E-state index contributed by atoms with van der Waals surface area (Å²) in [5.74, 6) is 0.114. The van der Waals surface area contributed by atoms with Crippen LogP contribution in [0.2, 0.25) is 0 Å². The SMILES string of the molecule is NC1CN(C(=O)c2cc(-c3ccc(O)cc3)nc3[nH]ncc23)C1. The molecule has 1 aliphatic rings. The molecule has 1 amide bonds. The van der Waals surface area contributed by atoms with Crippen molar-refractivity contribution in [3.05, 3.63) is 42.1 Å². The summed E-state index contributed by atoms with van der Waals surface area (Å²) in [5, 5.41) is 16.9. The van der Waals surface area contributed by atoms with Gasteiger partial charge in [-0.25, -0.2) is 4.98 Å². The molecule has 0 spiro atoms. The lowest BCUT2D eigenvalue weighted by atomic mass is 10.0. The largest absolute Gasteiger partial charge is 0.508 e. The topological polar surface area (TPSA) is 108 Å². The first-order valence-electron chi connectivity index (χ1n) is 7.30. The van der Waals surface area contributed by atoms with Crippen molar-refractivity contribution < 1.29 is 9.90 Å². The molecule has 2 aromatic heterocycles. The molecule has 0 radical (unpaired) electrons. The smallest absolute Gasteiger partial charge is 0.254 e. The number of carbonyl (C=O) groups is 1. The third kappa shape index (κ3) is 2.31. The summed E-state index contributed by atoms with van der Waals surface area (Å²) in [7, 11) is 0. The Morgan fingerprint density at radius 1 is 1.30 bits per heavy atom. The van der Waals surface area contributed by atoms with Crippen molar-refractivity contribution in [3.63, 3.8) is 0 Å². The van der Waals surface area contributed by atoms with E-state index in [-0.39, 0.29) is 17.7 Å². The molecular weight excluding hydrogens is 294 g/mol. The summed E-state index contributed by atoms with van der Waals surface area (Å²) in [6.45, 7) is 1.13. The minimum atomic E-state index is -0.0690. The van der Waals surface area contributed by atoms with Gasteiger partial charge >= 0.3 is 0 Å². The number of aromatic hydroxyl groups is 1. The molecule has 0 unspecified atom stereocenters. The maximum atomic E-state index is 12.7. The van der Waals surface area contributed by atoms with Crippen LogP contribution in [0.15, 0.2) is 36.5 Å². The average molecular weight is 309 g/mol. The van der Waals surface area contributed by atoms with Crippen molar-refractivity contribution in [2.24, 2.45) is 5.73 Å². The van der Waals surface area contributed by atoms with Crippen LogP contribution in [0, 0.1) is 0 Å². The third-order valence-electron chi connectivity index (χ3n) is 4.01. The summed E-state index contributed by atoms with van der Waals surface area (Å²) in [6.07, 6.45) is 1.61. The minimum Gasteiger partial charge on any atom is -0.508 e. The second kappa shape index (κ2) is 5.06. The van der Waals surface area contributed by atoms with E-state index in [2.05, 4.69) is 15.2 Å². The van der Waals surface area contributed by atoms with Crippen molar-refractivity contribution in [1.82, 2.24) is 20.1 Å². The highest BCUT2D eigenvalue weighted by Crippen LogP contribution is 2.26. The van der Waals surface area contributed by atoms with Crippen LogP contribution in [-0.2, 0) is 0 Å². The Morgan fingerprint density at radius 3 is 2.74 bits per heavy atom. The molecule has 7 heteroatoms. The molecule has 1 saturated heterocycles. The highest BCUT2D eigenvalue weighted by molar-refractivity contribution is 6.06. The second-order valence-electron chi connectivity index (χ2n) is 5.70. The molecule has 0 saturated carbocycles. The number of H-pyrrole nitrogens is 1. The summed E-state index contributed by atoms with van der Waals surface area (Å²) < 4.78 is 0. The van der Waals surface area contributed by atoms with Crippen LogP contribution in [0.25, 0.3) is 22.3 Å². The van der Waals surface area contributed by atoms with E-state index in [0.717, 1.165) is 5.56 Å². The van der Waals surface area contributed by atoms with Crippen LogP contribution in [-0.4, -0.2) is 50.2 Å². The quantitative estimate of drug-likeness (QED) is 0.657. The zero-order chi connectivity index (χ0) is 16.0. The Hall–Kier alpha value is -2.93. The number of hydrogen-bond donors (Lipinski definition) is 3. The highest BCUT2D eigenvalue weighted by atomic mass is 16.3. The van der Waals surface area contributed by atoms with Crippen LogP contribution < -0.4 is 5.73 Å². The molecular formula is C16H15N5O2. The fourth-order valence-corrected chi connectivity index (χ4v) is 2.73. The molecule has 3 aromatic rings. The maximum Gasteiger partial charge on any atom is 0.254 e. The number of aromatic nitrogens is 3. The van der Waals surface area contributed by atoms with Crippen LogP contribution in [0.4, 0.5) is 0 Å². The number of aromatic amines is 1. The number of nitrogens with one attached hydrogen (secondary N) is 1. The molecule has 1 fully saturated rings. The fraction of sp³-hybridized carbons (Fsp3) is 0.188. The Bertz CT molecular complexity index is 881. The lowest BCUT2D eigenvalue weighted by Gasteiger charge is -2.37. The van der Waals surface area contributed by atoms with Gasteiger partial charge in [0.25, 0.3) is 5.91 Å². The van der Waals surface area contributed by atoms with E-state index < -0.39 is 0 Å². The van der Waals surface area contributed by atoms with Crippen molar-refractivity contribution in [2.75, 3.05) is 13.1 Å². The van der Waals surface area contributed by atoms with E-state index in [4.69, 9.17) is 5.73 Å². The monoisotopic (exact) mass is 309 g/mol. The van der Waals surface area contributed by atoms with Crippen LogP contribution in [0.5, 0.6) is 5.75 Å². The number of nitrogens with two attached hydrogens (primary N) is 1. The summed E-state index contributed by atoms with van der Waals surface area (Å²) in [4.78, 5) is 18.9. The van der Waals surface area contributed by atoms with Crippen LogP contribution in [0.1, 0.15) is 10.4 Å². The molecule has 0 atom stereocenters. The van der Waals surface area contributed by atoms with Gasteiger partial charge in [0, 0.05) is 24.7 Å². The van der Waals surface area contributed by atoms with Crippen molar-refractivity contribution in [1.29, 1.82) is 0 Å². The van der Waals surface area contributed by atoms with Gasteiger partial charge < -0.3 is 15.7 Å². The second-order valence-corrected chi connectivity index (χ2v) is 5.70. The average Bonchev–Trinajstić information content (AvgIpc) is 2.99. The Labute approximate surface area is 131 Å². The number of phenolic OH excluding ortho intramolecular Hbond substituents is 1. The Balaban J connectivity index is 1.81. The van der Waals surface area contributed by atoms with Gasteiger partial charge in [0.1, 0.15) is 5.75 Å². The zero-order valence-corrected chi connectivity index (χ0v) is 12.2. The van der Waals surface area contributed by atoms with Gasteiger partial charge in [0.05, 0.1) is 22.8 Å². The molecule has 4 rings (SSSR count). The lowest BCUT2D eigenvalue weighted by Crippen LogP contribution is -2.57. The Morgan fingerprint density at radius 2 is 2.04 bits per heavy atom. The van der Waals surface area contributed by atoms with E-state index in [0.29, 0.717) is 35.4 Å². The number of rotatable bonds is 2. The molecule has 0 bridgehead atoms. The van der Waals surface area contributed by atoms with Crippen molar-refractivity contribution in [3.8, 4) is 17.0 Å². The first-order valence-corrected chi connectivity index (χ1v) is 7.30. The van der Waals surface area contributed by atoms with Gasteiger partial charge in [-0.05, 0) is 30.3 Å². The maximum absolute atomic E-state index is 12.7. The molecule has 4 N–H and O–H groups in total. The number of carbonyl (C=O) groups excluding carboxylic acids is 1. The number of fused-ring (bicyclic) bond motifs is 1.